The molecule has 1 aliphatic carbocycles. The monoisotopic (exact) mass is 299 g/mol. The topological polar surface area (TPSA) is 56.1 Å². The molecule has 0 atom stereocenters. The Kier molecular flexibility index (Phi) is 3.88. The standard InChI is InChI=1S/C17H21N3O2/c1-11-16(18-17(21)14-7-8-14)12(2)20(19-11)10-13-5-4-6-15(9-13)22-3/h4-6,9,14H,7-8,10H2,1-3H3,(H,18,21). The number of aryl methyl sites for hydroxylation is 1. The lowest BCUT2D eigenvalue weighted by molar-refractivity contribution is -0.117. The third kappa shape index (κ3) is 2.98. The van der Waals surface area contributed by atoms with Crippen LogP contribution in [-0.4, -0.2) is 22.8 Å². The van der Waals surface area contributed by atoms with Crippen molar-refractivity contribution in [3.8, 4) is 5.75 Å². The Morgan fingerprint density at radius 1 is 1.41 bits per heavy atom. The zero-order chi connectivity index (χ0) is 15.7. The molecule has 1 aromatic carbocycles. The van der Waals surface area contributed by atoms with Gasteiger partial charge in [0.05, 0.1) is 30.7 Å². The molecule has 0 spiro atoms. The van der Waals surface area contributed by atoms with Crippen molar-refractivity contribution in [1.29, 1.82) is 0 Å². The van der Waals surface area contributed by atoms with E-state index in [1.165, 1.54) is 0 Å². The second-order valence-corrected chi connectivity index (χ2v) is 5.82. The third-order valence-electron chi connectivity index (χ3n) is 4.04. The molecule has 0 unspecified atom stereocenters. The van der Waals surface area contributed by atoms with Gasteiger partial charge in [0.1, 0.15) is 5.75 Å². The largest absolute Gasteiger partial charge is 0.497 e. The van der Waals surface area contributed by atoms with Crippen LogP contribution in [0.1, 0.15) is 29.8 Å². The lowest BCUT2D eigenvalue weighted by atomic mass is 10.2. The second kappa shape index (κ2) is 5.83. The van der Waals surface area contributed by atoms with Crippen molar-refractivity contribution in [2.75, 3.05) is 12.4 Å². The number of benzene rings is 1. The van der Waals surface area contributed by atoms with Crippen molar-refractivity contribution in [1.82, 2.24) is 9.78 Å². The number of aromatic nitrogens is 2. The Bertz CT molecular complexity index is 702. The minimum atomic E-state index is 0.118. The van der Waals surface area contributed by atoms with Gasteiger partial charge in [0.15, 0.2) is 0 Å². The quantitative estimate of drug-likeness (QED) is 0.923. The summed E-state index contributed by atoms with van der Waals surface area (Å²) in [6.07, 6.45) is 2.00. The summed E-state index contributed by atoms with van der Waals surface area (Å²) in [5, 5.41) is 7.58. The summed E-state index contributed by atoms with van der Waals surface area (Å²) in [4.78, 5) is 12.0. The van der Waals surface area contributed by atoms with Crippen LogP contribution in [0.5, 0.6) is 5.75 Å². The molecule has 2 aromatic rings. The van der Waals surface area contributed by atoms with Gasteiger partial charge in [-0.15, -0.1) is 0 Å². The average Bonchev–Trinajstić information content (AvgIpc) is 3.32. The van der Waals surface area contributed by atoms with Gasteiger partial charge in [0.2, 0.25) is 5.91 Å². The van der Waals surface area contributed by atoms with E-state index in [0.717, 1.165) is 41.2 Å². The fourth-order valence-electron chi connectivity index (χ4n) is 2.55. The predicted octanol–water partition coefficient (Wildman–Crippen LogP) is 2.91. The molecule has 116 valence electrons. The fourth-order valence-corrected chi connectivity index (χ4v) is 2.55. The lowest BCUT2D eigenvalue weighted by Crippen LogP contribution is -2.14. The number of amides is 1. The molecular weight excluding hydrogens is 278 g/mol. The van der Waals surface area contributed by atoms with Gasteiger partial charge >= 0.3 is 0 Å². The summed E-state index contributed by atoms with van der Waals surface area (Å²) >= 11 is 0. The van der Waals surface area contributed by atoms with E-state index in [0.29, 0.717) is 6.54 Å². The van der Waals surface area contributed by atoms with Crippen molar-refractivity contribution in [2.45, 2.75) is 33.2 Å². The van der Waals surface area contributed by atoms with Crippen molar-refractivity contribution in [2.24, 2.45) is 5.92 Å². The maximum atomic E-state index is 12.0. The molecule has 1 amide bonds. The maximum Gasteiger partial charge on any atom is 0.227 e. The zero-order valence-corrected chi connectivity index (χ0v) is 13.2. The van der Waals surface area contributed by atoms with E-state index in [1.54, 1.807) is 7.11 Å². The highest BCUT2D eigenvalue weighted by Gasteiger charge is 2.30. The van der Waals surface area contributed by atoms with Gasteiger partial charge in [0.25, 0.3) is 0 Å². The first-order chi connectivity index (χ1) is 10.6. The molecule has 1 fully saturated rings. The highest BCUT2D eigenvalue weighted by Crippen LogP contribution is 2.31. The van der Waals surface area contributed by atoms with Gasteiger partial charge in [-0.3, -0.25) is 9.48 Å². The van der Waals surface area contributed by atoms with Crippen LogP contribution in [0, 0.1) is 19.8 Å². The van der Waals surface area contributed by atoms with Crippen LogP contribution in [0.2, 0.25) is 0 Å². The first-order valence-corrected chi connectivity index (χ1v) is 7.56. The van der Waals surface area contributed by atoms with Gasteiger partial charge in [-0.2, -0.15) is 5.10 Å². The van der Waals surface area contributed by atoms with Crippen molar-refractivity contribution < 1.29 is 9.53 Å². The molecular formula is C17H21N3O2. The van der Waals surface area contributed by atoms with Crippen LogP contribution in [0.3, 0.4) is 0 Å². The molecule has 1 aromatic heterocycles. The Hall–Kier alpha value is -2.30. The van der Waals surface area contributed by atoms with Crippen LogP contribution in [-0.2, 0) is 11.3 Å². The zero-order valence-electron chi connectivity index (χ0n) is 13.2. The number of nitrogens with one attached hydrogen (secondary N) is 1. The number of hydrogen-bond acceptors (Lipinski definition) is 3. The Labute approximate surface area is 130 Å². The number of carbonyl (C=O) groups excluding carboxylic acids is 1. The summed E-state index contributed by atoms with van der Waals surface area (Å²) in [6.45, 7) is 4.57. The van der Waals surface area contributed by atoms with Crippen LogP contribution >= 0.6 is 0 Å². The Morgan fingerprint density at radius 3 is 2.86 bits per heavy atom. The second-order valence-electron chi connectivity index (χ2n) is 5.82. The van der Waals surface area contributed by atoms with E-state index in [2.05, 4.69) is 10.4 Å². The predicted molar refractivity (Wildman–Crippen MR) is 85.2 cm³/mol. The first kappa shape index (κ1) is 14.6. The molecule has 5 heteroatoms. The van der Waals surface area contributed by atoms with Gasteiger partial charge in [-0.1, -0.05) is 12.1 Å². The summed E-state index contributed by atoms with van der Waals surface area (Å²) < 4.78 is 7.17. The minimum absolute atomic E-state index is 0.118. The molecule has 0 radical (unpaired) electrons. The molecule has 3 rings (SSSR count). The molecule has 0 aliphatic heterocycles. The molecule has 22 heavy (non-hydrogen) atoms. The number of methoxy groups -OCH3 is 1. The Morgan fingerprint density at radius 2 is 2.18 bits per heavy atom. The van der Waals surface area contributed by atoms with Crippen LogP contribution in [0.4, 0.5) is 5.69 Å². The van der Waals surface area contributed by atoms with Crippen LogP contribution in [0.15, 0.2) is 24.3 Å². The highest BCUT2D eigenvalue weighted by molar-refractivity contribution is 5.95. The SMILES string of the molecule is COc1cccc(Cn2nc(C)c(NC(=O)C3CC3)c2C)c1. The summed E-state index contributed by atoms with van der Waals surface area (Å²) in [7, 11) is 1.66. The summed E-state index contributed by atoms with van der Waals surface area (Å²) in [5.41, 5.74) is 3.80. The number of rotatable bonds is 5. The van der Waals surface area contributed by atoms with Gasteiger partial charge in [0, 0.05) is 5.92 Å². The van der Waals surface area contributed by atoms with Gasteiger partial charge in [-0.25, -0.2) is 0 Å². The maximum absolute atomic E-state index is 12.0. The number of carbonyl (C=O) groups is 1. The molecule has 0 saturated heterocycles. The highest BCUT2D eigenvalue weighted by atomic mass is 16.5. The van der Waals surface area contributed by atoms with Crippen molar-refractivity contribution in [3.05, 3.63) is 41.2 Å². The molecule has 1 heterocycles. The van der Waals surface area contributed by atoms with E-state index < -0.39 is 0 Å². The van der Waals surface area contributed by atoms with E-state index in [-0.39, 0.29) is 11.8 Å². The van der Waals surface area contributed by atoms with Crippen molar-refractivity contribution >= 4 is 11.6 Å². The van der Waals surface area contributed by atoms with E-state index in [4.69, 9.17) is 4.74 Å². The number of anilines is 1. The smallest absolute Gasteiger partial charge is 0.227 e. The van der Waals surface area contributed by atoms with Crippen LogP contribution in [0.25, 0.3) is 0 Å². The van der Waals surface area contributed by atoms with Crippen molar-refractivity contribution in [3.63, 3.8) is 0 Å². The molecule has 5 nitrogen and oxygen atoms in total. The summed E-state index contributed by atoms with van der Waals surface area (Å²) in [5.74, 6) is 1.15. The minimum Gasteiger partial charge on any atom is -0.497 e. The third-order valence-corrected chi connectivity index (χ3v) is 4.04. The molecule has 1 N–H and O–H groups in total. The normalized spacial score (nSPS) is 14.0. The van der Waals surface area contributed by atoms with Gasteiger partial charge < -0.3 is 10.1 Å². The first-order valence-electron chi connectivity index (χ1n) is 7.56. The Balaban J connectivity index is 1.80. The van der Waals surface area contributed by atoms with E-state index >= 15 is 0 Å². The number of hydrogen-bond donors (Lipinski definition) is 1. The number of nitrogens with zero attached hydrogens (tertiary/aromatic N) is 2. The fraction of sp³-hybridized carbons (Fsp3) is 0.412. The van der Waals surface area contributed by atoms with Crippen LogP contribution < -0.4 is 10.1 Å². The molecule has 0 bridgehead atoms. The molecule has 1 aliphatic rings. The van der Waals surface area contributed by atoms with Gasteiger partial charge in [-0.05, 0) is 44.4 Å². The summed E-state index contributed by atoms with van der Waals surface area (Å²) in [6, 6.07) is 7.93. The number of ether oxygens (including phenoxy) is 1. The average molecular weight is 299 g/mol. The lowest BCUT2D eigenvalue weighted by Gasteiger charge is -2.08. The molecule has 1 saturated carbocycles. The van der Waals surface area contributed by atoms with E-state index in [9.17, 15) is 4.79 Å². The van der Waals surface area contributed by atoms with E-state index in [1.807, 2.05) is 42.8 Å².